The minimum absolute atomic E-state index is 0.0120. The van der Waals surface area contributed by atoms with E-state index in [-0.39, 0.29) is 18.1 Å². The van der Waals surface area contributed by atoms with Crippen molar-refractivity contribution in [3.63, 3.8) is 0 Å². The van der Waals surface area contributed by atoms with Gasteiger partial charge in [0.1, 0.15) is 12.2 Å². The van der Waals surface area contributed by atoms with Crippen LogP contribution in [-0.2, 0) is 11.3 Å². The monoisotopic (exact) mass is 370 g/mol. The van der Waals surface area contributed by atoms with Crippen molar-refractivity contribution in [2.24, 2.45) is 0 Å². The van der Waals surface area contributed by atoms with E-state index < -0.39 is 5.91 Å². The van der Waals surface area contributed by atoms with Crippen LogP contribution in [0, 0.1) is 18.6 Å². The van der Waals surface area contributed by atoms with Gasteiger partial charge in [-0.2, -0.15) is 5.10 Å². The summed E-state index contributed by atoms with van der Waals surface area (Å²) in [6.07, 6.45) is 1.50. The number of aromatic amines is 1. The topological polar surface area (TPSA) is 96.7 Å². The van der Waals surface area contributed by atoms with Crippen molar-refractivity contribution < 1.29 is 9.59 Å². The highest BCUT2D eigenvalue weighted by Gasteiger charge is 2.15. The predicted octanol–water partition coefficient (Wildman–Crippen LogP) is 1.81. The van der Waals surface area contributed by atoms with Crippen molar-refractivity contribution in [1.82, 2.24) is 30.2 Å². The number of benzene rings is 1. The number of aromatic nitrogens is 4. The predicted molar refractivity (Wildman–Crippen MR) is 98.3 cm³/mol. The summed E-state index contributed by atoms with van der Waals surface area (Å²) in [4.78, 5) is 27.3. The van der Waals surface area contributed by atoms with Crippen LogP contribution in [-0.4, -0.2) is 31.1 Å². The summed E-state index contributed by atoms with van der Waals surface area (Å²) in [5.74, 6) is -0.868. The fourth-order valence-electron chi connectivity index (χ4n) is 2.57. The number of carbonyl (C=O) groups is 2. The third kappa shape index (κ3) is 3.72. The van der Waals surface area contributed by atoms with Crippen LogP contribution in [0.25, 0.3) is 5.69 Å². The SMILES string of the molecule is Cc1cc(C)n(CC(=O)NNC(=O)c2c[nH]c(=S)n2-c2ccccc2)n1. The lowest BCUT2D eigenvalue weighted by Gasteiger charge is -2.10. The Balaban J connectivity index is 1.69. The van der Waals surface area contributed by atoms with E-state index in [1.165, 1.54) is 6.20 Å². The number of H-pyrrole nitrogens is 1. The van der Waals surface area contributed by atoms with E-state index in [0.29, 0.717) is 4.77 Å². The fourth-order valence-corrected chi connectivity index (χ4v) is 2.83. The Hall–Kier alpha value is -3.20. The molecule has 2 amide bonds. The van der Waals surface area contributed by atoms with Crippen molar-refractivity contribution in [2.75, 3.05) is 0 Å². The van der Waals surface area contributed by atoms with Gasteiger partial charge in [-0.25, -0.2) is 0 Å². The van der Waals surface area contributed by atoms with Gasteiger partial charge in [-0.05, 0) is 44.3 Å². The van der Waals surface area contributed by atoms with E-state index in [0.717, 1.165) is 17.1 Å². The van der Waals surface area contributed by atoms with Crippen molar-refractivity contribution in [3.05, 3.63) is 64.4 Å². The molecular formula is C17H18N6O2S. The zero-order valence-corrected chi connectivity index (χ0v) is 15.1. The first-order valence-electron chi connectivity index (χ1n) is 7.92. The largest absolute Gasteiger partial charge is 0.336 e. The number of carbonyl (C=O) groups excluding carboxylic acids is 2. The number of rotatable bonds is 4. The molecule has 0 saturated heterocycles. The quantitative estimate of drug-likeness (QED) is 0.482. The van der Waals surface area contributed by atoms with Gasteiger partial charge in [0.2, 0.25) is 0 Å². The molecular weight excluding hydrogens is 352 g/mol. The van der Waals surface area contributed by atoms with Crippen LogP contribution in [0.15, 0.2) is 42.6 Å². The van der Waals surface area contributed by atoms with Crippen LogP contribution in [0.5, 0.6) is 0 Å². The summed E-state index contributed by atoms with van der Waals surface area (Å²) in [7, 11) is 0. The number of hydrogen-bond donors (Lipinski definition) is 3. The number of aryl methyl sites for hydroxylation is 2. The Labute approximate surface area is 154 Å². The van der Waals surface area contributed by atoms with Gasteiger partial charge in [0.05, 0.1) is 5.69 Å². The maximum absolute atomic E-state index is 12.4. The van der Waals surface area contributed by atoms with E-state index in [4.69, 9.17) is 12.2 Å². The average molecular weight is 370 g/mol. The van der Waals surface area contributed by atoms with Crippen molar-refractivity contribution in [2.45, 2.75) is 20.4 Å². The maximum Gasteiger partial charge on any atom is 0.288 e. The standard InChI is InChI=1S/C17H18N6O2S/c1-11-8-12(2)22(21-11)10-15(24)19-20-16(25)14-9-18-17(26)23(14)13-6-4-3-5-7-13/h3-9H,10H2,1-2H3,(H,18,26)(H,19,24)(H,20,25). The summed E-state index contributed by atoms with van der Waals surface area (Å²) in [6, 6.07) is 11.1. The normalized spacial score (nSPS) is 10.5. The van der Waals surface area contributed by atoms with Crippen LogP contribution in [0.3, 0.4) is 0 Å². The smallest absolute Gasteiger partial charge is 0.288 e. The molecule has 0 bridgehead atoms. The summed E-state index contributed by atoms with van der Waals surface area (Å²) in [5.41, 5.74) is 7.52. The number of para-hydroxylation sites is 1. The van der Waals surface area contributed by atoms with E-state index in [1.54, 1.807) is 9.25 Å². The van der Waals surface area contributed by atoms with Crippen LogP contribution < -0.4 is 10.9 Å². The van der Waals surface area contributed by atoms with Gasteiger partial charge >= 0.3 is 0 Å². The molecule has 3 aromatic rings. The Morgan fingerprint density at radius 1 is 1.19 bits per heavy atom. The summed E-state index contributed by atoms with van der Waals surface area (Å²) in [6.45, 7) is 3.72. The Bertz CT molecular complexity index is 1000. The van der Waals surface area contributed by atoms with Crippen LogP contribution in [0.4, 0.5) is 0 Å². The second kappa shape index (κ2) is 7.36. The van der Waals surface area contributed by atoms with Gasteiger partial charge in [0, 0.05) is 17.6 Å². The second-order valence-electron chi connectivity index (χ2n) is 5.74. The lowest BCUT2D eigenvalue weighted by atomic mass is 10.3. The van der Waals surface area contributed by atoms with Crippen molar-refractivity contribution >= 4 is 24.0 Å². The van der Waals surface area contributed by atoms with Gasteiger partial charge in [-0.1, -0.05) is 18.2 Å². The zero-order chi connectivity index (χ0) is 18.7. The number of nitrogens with one attached hydrogen (secondary N) is 3. The Morgan fingerprint density at radius 2 is 1.92 bits per heavy atom. The van der Waals surface area contributed by atoms with E-state index in [9.17, 15) is 9.59 Å². The van der Waals surface area contributed by atoms with Crippen LogP contribution in [0.1, 0.15) is 21.9 Å². The first kappa shape index (κ1) is 17.6. The molecule has 134 valence electrons. The lowest BCUT2D eigenvalue weighted by molar-refractivity contribution is -0.122. The Morgan fingerprint density at radius 3 is 2.58 bits per heavy atom. The Kier molecular flexibility index (Phi) is 4.99. The molecule has 1 aromatic carbocycles. The molecule has 2 aromatic heterocycles. The lowest BCUT2D eigenvalue weighted by Crippen LogP contribution is -2.43. The van der Waals surface area contributed by atoms with Gasteiger partial charge in [-0.15, -0.1) is 0 Å². The van der Waals surface area contributed by atoms with E-state index in [1.807, 2.05) is 50.2 Å². The van der Waals surface area contributed by atoms with E-state index >= 15 is 0 Å². The molecule has 0 unspecified atom stereocenters. The molecule has 3 rings (SSSR count). The van der Waals surface area contributed by atoms with E-state index in [2.05, 4.69) is 20.9 Å². The van der Waals surface area contributed by atoms with Crippen molar-refractivity contribution in [1.29, 1.82) is 0 Å². The fraction of sp³-hybridized carbons (Fsp3) is 0.176. The molecule has 0 spiro atoms. The highest BCUT2D eigenvalue weighted by Crippen LogP contribution is 2.12. The average Bonchev–Trinajstić information content (AvgIpc) is 3.15. The molecule has 0 fully saturated rings. The number of amides is 2. The van der Waals surface area contributed by atoms with Gasteiger partial charge in [0.15, 0.2) is 4.77 Å². The summed E-state index contributed by atoms with van der Waals surface area (Å²) < 4.78 is 3.55. The number of hydrogen-bond acceptors (Lipinski definition) is 4. The van der Waals surface area contributed by atoms with Crippen LogP contribution >= 0.6 is 12.2 Å². The molecule has 0 aliphatic rings. The first-order chi connectivity index (χ1) is 12.5. The van der Waals surface area contributed by atoms with Gasteiger partial charge in [-0.3, -0.25) is 29.7 Å². The third-order valence-electron chi connectivity index (χ3n) is 3.74. The van der Waals surface area contributed by atoms with Crippen LogP contribution in [0.2, 0.25) is 0 Å². The number of hydrazine groups is 1. The maximum atomic E-state index is 12.4. The minimum atomic E-state index is -0.483. The molecule has 0 saturated carbocycles. The third-order valence-corrected chi connectivity index (χ3v) is 4.04. The zero-order valence-electron chi connectivity index (χ0n) is 14.3. The molecule has 26 heavy (non-hydrogen) atoms. The highest BCUT2D eigenvalue weighted by molar-refractivity contribution is 7.71. The molecule has 0 aliphatic carbocycles. The van der Waals surface area contributed by atoms with Gasteiger partial charge in [0.25, 0.3) is 11.8 Å². The molecule has 3 N–H and O–H groups in total. The molecule has 0 radical (unpaired) electrons. The second-order valence-corrected chi connectivity index (χ2v) is 6.12. The summed E-state index contributed by atoms with van der Waals surface area (Å²) in [5, 5.41) is 4.21. The van der Waals surface area contributed by atoms with Crippen molar-refractivity contribution in [3.8, 4) is 5.69 Å². The highest BCUT2D eigenvalue weighted by atomic mass is 32.1. The molecule has 2 heterocycles. The summed E-state index contributed by atoms with van der Waals surface area (Å²) >= 11 is 5.24. The number of imidazole rings is 1. The first-order valence-corrected chi connectivity index (χ1v) is 8.32. The number of nitrogens with zero attached hydrogens (tertiary/aromatic N) is 3. The molecule has 9 heteroatoms. The minimum Gasteiger partial charge on any atom is -0.336 e. The molecule has 0 aliphatic heterocycles. The molecule has 8 nitrogen and oxygen atoms in total. The van der Waals surface area contributed by atoms with Gasteiger partial charge < -0.3 is 4.98 Å². The molecule has 0 atom stereocenters.